The van der Waals surface area contributed by atoms with Crippen LogP contribution < -0.4 is 10.6 Å². The molecule has 0 radical (unpaired) electrons. The molecule has 2 aromatic carbocycles. The van der Waals surface area contributed by atoms with Crippen LogP contribution in [0.15, 0.2) is 60.8 Å². The Bertz CT molecular complexity index is 1380. The number of unbranched alkanes of at least 4 members (excludes halogenated alkanes) is 5. The molecule has 0 saturated heterocycles. The molecule has 0 aliphatic rings. The van der Waals surface area contributed by atoms with Crippen molar-refractivity contribution in [1.82, 2.24) is 15.0 Å². The molecule has 4 rings (SSSR count). The Hall–Kier alpha value is -3.71. The Kier molecular flexibility index (Phi) is 10.5. The molecular weight excluding hydrogens is 510 g/mol. The van der Waals surface area contributed by atoms with Gasteiger partial charge in [-0.25, -0.2) is 14.8 Å². The number of anilines is 2. The Morgan fingerprint density at radius 3 is 2.36 bits per heavy atom. The van der Waals surface area contributed by atoms with Crippen LogP contribution in [0.3, 0.4) is 0 Å². The predicted octanol–water partition coefficient (Wildman–Crippen LogP) is 7.69. The van der Waals surface area contributed by atoms with E-state index in [1.54, 1.807) is 6.92 Å². The number of nitrogens with zero attached hydrogens (tertiary/aromatic N) is 3. The second kappa shape index (κ2) is 14.4. The summed E-state index contributed by atoms with van der Waals surface area (Å²) >= 11 is 6.08. The highest BCUT2D eigenvalue weighted by Crippen LogP contribution is 2.26. The van der Waals surface area contributed by atoms with Crippen molar-refractivity contribution < 1.29 is 9.53 Å². The van der Waals surface area contributed by atoms with Crippen molar-refractivity contribution >= 4 is 40.1 Å². The average molecular weight is 546 g/mol. The Morgan fingerprint density at radius 2 is 1.62 bits per heavy atom. The second-order valence-corrected chi connectivity index (χ2v) is 9.87. The van der Waals surface area contributed by atoms with Crippen LogP contribution in [0, 0.1) is 6.92 Å². The van der Waals surface area contributed by atoms with E-state index in [1.165, 1.54) is 19.3 Å². The van der Waals surface area contributed by atoms with Gasteiger partial charge in [0.05, 0.1) is 23.5 Å². The van der Waals surface area contributed by atoms with Gasteiger partial charge in [0.15, 0.2) is 0 Å². The summed E-state index contributed by atoms with van der Waals surface area (Å²) in [6, 6.07) is 17.5. The summed E-state index contributed by atoms with van der Waals surface area (Å²) in [5.41, 5.74) is 4.51. The van der Waals surface area contributed by atoms with Gasteiger partial charge in [0.25, 0.3) is 0 Å². The molecule has 0 fully saturated rings. The van der Waals surface area contributed by atoms with Crippen molar-refractivity contribution in [3.63, 3.8) is 0 Å². The van der Waals surface area contributed by atoms with Gasteiger partial charge in [0.2, 0.25) is 5.95 Å². The maximum absolute atomic E-state index is 12.6. The van der Waals surface area contributed by atoms with Gasteiger partial charge in [-0.05, 0) is 51.0 Å². The lowest BCUT2D eigenvalue weighted by atomic mass is 10.0. The minimum Gasteiger partial charge on any atom is -0.462 e. The van der Waals surface area contributed by atoms with Gasteiger partial charge in [0.1, 0.15) is 5.56 Å². The quantitative estimate of drug-likeness (QED) is 0.124. The maximum atomic E-state index is 12.6. The zero-order chi connectivity index (χ0) is 27.5. The number of carbonyl (C=O) groups is 1. The first-order chi connectivity index (χ1) is 19.1. The Labute approximate surface area is 235 Å². The number of hydrogen-bond donors (Lipinski definition) is 2. The van der Waals surface area contributed by atoms with Gasteiger partial charge in [-0.1, -0.05) is 67.6 Å². The summed E-state index contributed by atoms with van der Waals surface area (Å²) < 4.78 is 5.26. The second-order valence-electron chi connectivity index (χ2n) is 9.44. The van der Waals surface area contributed by atoms with Gasteiger partial charge in [-0.3, -0.25) is 4.98 Å². The van der Waals surface area contributed by atoms with E-state index in [0.29, 0.717) is 34.5 Å². The van der Waals surface area contributed by atoms with Gasteiger partial charge >= 0.3 is 5.97 Å². The Balaban J connectivity index is 1.18. The fourth-order valence-corrected chi connectivity index (χ4v) is 4.73. The zero-order valence-corrected chi connectivity index (χ0v) is 23.4. The minimum atomic E-state index is -0.394. The molecule has 0 saturated carbocycles. The van der Waals surface area contributed by atoms with Gasteiger partial charge in [-0.15, -0.1) is 0 Å². The van der Waals surface area contributed by atoms with E-state index in [9.17, 15) is 4.79 Å². The van der Waals surface area contributed by atoms with Crippen molar-refractivity contribution in [2.75, 3.05) is 30.3 Å². The van der Waals surface area contributed by atoms with E-state index in [2.05, 4.69) is 25.6 Å². The summed E-state index contributed by atoms with van der Waals surface area (Å²) in [4.78, 5) is 26.2. The molecule has 0 bridgehead atoms. The average Bonchev–Trinajstić information content (AvgIpc) is 2.94. The molecule has 4 aromatic rings. The fourth-order valence-electron chi connectivity index (χ4n) is 4.56. The van der Waals surface area contributed by atoms with E-state index in [-0.39, 0.29) is 0 Å². The summed E-state index contributed by atoms with van der Waals surface area (Å²) in [5, 5.41) is 8.68. The molecule has 0 unspecified atom stereocenters. The number of halogens is 1. The molecule has 0 aliphatic heterocycles. The van der Waals surface area contributed by atoms with Crippen LogP contribution in [0.5, 0.6) is 0 Å². The van der Waals surface area contributed by atoms with Crippen LogP contribution >= 0.6 is 11.6 Å². The van der Waals surface area contributed by atoms with Crippen LogP contribution in [0.1, 0.15) is 61.5 Å². The highest BCUT2D eigenvalue weighted by Gasteiger charge is 2.21. The Morgan fingerprint density at radius 1 is 0.897 bits per heavy atom. The van der Waals surface area contributed by atoms with E-state index >= 15 is 0 Å². The normalized spacial score (nSPS) is 10.9. The number of hydrogen-bond acceptors (Lipinski definition) is 7. The molecule has 0 aliphatic carbocycles. The van der Waals surface area contributed by atoms with Crippen molar-refractivity contribution in [3.05, 3.63) is 77.1 Å². The van der Waals surface area contributed by atoms with Crippen LogP contribution in [0.2, 0.25) is 5.02 Å². The monoisotopic (exact) mass is 545 g/mol. The van der Waals surface area contributed by atoms with Crippen LogP contribution in [-0.4, -0.2) is 40.6 Å². The molecule has 2 heterocycles. The number of fused-ring (bicyclic) bond motifs is 1. The SMILES string of the molecule is CCOC(=O)c1c(C)nc(NCCCCCCCCNc2ccnc3cc(Cl)ccc23)nc1-c1ccccc1. The number of aromatic nitrogens is 3. The summed E-state index contributed by atoms with van der Waals surface area (Å²) in [7, 11) is 0. The minimum absolute atomic E-state index is 0.306. The largest absolute Gasteiger partial charge is 0.462 e. The molecule has 39 heavy (non-hydrogen) atoms. The number of carbonyl (C=O) groups excluding carboxylic acids is 1. The molecule has 2 aromatic heterocycles. The van der Waals surface area contributed by atoms with E-state index in [4.69, 9.17) is 16.3 Å². The van der Waals surface area contributed by atoms with Gasteiger partial charge < -0.3 is 15.4 Å². The van der Waals surface area contributed by atoms with Crippen molar-refractivity contribution in [3.8, 4) is 11.3 Å². The topological polar surface area (TPSA) is 89.0 Å². The molecule has 0 spiro atoms. The number of pyridine rings is 1. The number of esters is 1. The summed E-state index contributed by atoms with van der Waals surface area (Å²) in [5.74, 6) is 0.144. The highest BCUT2D eigenvalue weighted by atomic mass is 35.5. The summed E-state index contributed by atoms with van der Waals surface area (Å²) in [6.45, 7) is 5.65. The number of rotatable bonds is 14. The molecular formula is C31H36ClN5O2. The standard InChI is InChI=1S/C31H36ClN5O2/c1-3-39-30(38)28-22(2)36-31(37-29(28)23-13-9-8-10-14-23)35-19-12-7-5-4-6-11-18-33-26-17-20-34-27-21-24(32)15-16-25(26)27/h8-10,13-17,20-21H,3-7,11-12,18-19H2,1-2H3,(H,33,34)(H,35,36,37). The van der Waals surface area contributed by atoms with E-state index in [1.807, 2.05) is 67.7 Å². The predicted molar refractivity (Wildman–Crippen MR) is 160 cm³/mol. The lowest BCUT2D eigenvalue weighted by Crippen LogP contribution is -2.14. The third-order valence-electron chi connectivity index (χ3n) is 6.52. The molecule has 2 N–H and O–H groups in total. The van der Waals surface area contributed by atoms with Crippen molar-refractivity contribution in [1.29, 1.82) is 0 Å². The molecule has 0 amide bonds. The smallest absolute Gasteiger partial charge is 0.342 e. The highest BCUT2D eigenvalue weighted by molar-refractivity contribution is 6.31. The molecule has 8 heteroatoms. The van der Waals surface area contributed by atoms with Gasteiger partial charge in [-0.2, -0.15) is 0 Å². The molecule has 7 nitrogen and oxygen atoms in total. The zero-order valence-electron chi connectivity index (χ0n) is 22.7. The number of aryl methyl sites for hydroxylation is 1. The number of ether oxygens (including phenoxy) is 1. The third-order valence-corrected chi connectivity index (χ3v) is 6.76. The van der Waals surface area contributed by atoms with Crippen molar-refractivity contribution in [2.24, 2.45) is 0 Å². The third kappa shape index (κ3) is 7.90. The first kappa shape index (κ1) is 28.3. The number of nitrogens with one attached hydrogen (secondary N) is 2. The lowest BCUT2D eigenvalue weighted by Gasteiger charge is -2.13. The van der Waals surface area contributed by atoms with E-state index in [0.717, 1.165) is 54.5 Å². The van der Waals surface area contributed by atoms with E-state index < -0.39 is 5.97 Å². The lowest BCUT2D eigenvalue weighted by molar-refractivity contribution is 0.0525. The fraction of sp³-hybridized carbons (Fsp3) is 0.355. The first-order valence-electron chi connectivity index (χ1n) is 13.7. The molecule has 0 atom stereocenters. The maximum Gasteiger partial charge on any atom is 0.342 e. The molecule has 204 valence electrons. The van der Waals surface area contributed by atoms with Crippen LogP contribution in [-0.2, 0) is 4.74 Å². The van der Waals surface area contributed by atoms with Gasteiger partial charge in [0, 0.05) is 40.9 Å². The van der Waals surface area contributed by atoms with Crippen molar-refractivity contribution in [2.45, 2.75) is 52.4 Å². The summed E-state index contributed by atoms with van der Waals surface area (Å²) in [6.07, 6.45) is 8.70. The van der Waals surface area contributed by atoms with Crippen LogP contribution in [0.25, 0.3) is 22.2 Å². The van der Waals surface area contributed by atoms with Crippen LogP contribution in [0.4, 0.5) is 11.6 Å². The number of benzene rings is 2. The first-order valence-corrected chi connectivity index (χ1v) is 14.1.